The lowest BCUT2D eigenvalue weighted by Gasteiger charge is -2.27. The Labute approximate surface area is 135 Å². The predicted octanol–water partition coefficient (Wildman–Crippen LogP) is 1.53. The second-order valence-corrected chi connectivity index (χ2v) is 4.78. The van der Waals surface area contributed by atoms with Gasteiger partial charge < -0.3 is 20.9 Å². The summed E-state index contributed by atoms with van der Waals surface area (Å²) in [5.74, 6) is 0.396. The molecule has 1 aliphatic heterocycles. The van der Waals surface area contributed by atoms with Gasteiger partial charge in [0.15, 0.2) is 0 Å². The van der Waals surface area contributed by atoms with E-state index < -0.39 is 7.05 Å². The molecule has 1 heterocycles. The van der Waals surface area contributed by atoms with E-state index in [0.29, 0.717) is 31.7 Å². The van der Waals surface area contributed by atoms with Gasteiger partial charge >= 0.3 is 7.05 Å². The van der Waals surface area contributed by atoms with Crippen molar-refractivity contribution in [3.63, 3.8) is 0 Å². The highest BCUT2D eigenvalue weighted by Gasteiger charge is 2.15. The summed E-state index contributed by atoms with van der Waals surface area (Å²) >= 11 is 0. The second-order valence-electron chi connectivity index (χ2n) is 4.78. The van der Waals surface area contributed by atoms with Gasteiger partial charge in [-0.05, 0) is 25.5 Å². The average Bonchev–Trinajstić information content (AvgIpc) is 2.57. The van der Waals surface area contributed by atoms with Crippen LogP contribution in [0, 0.1) is 0 Å². The number of nitrogens with zero attached hydrogens (tertiary/aromatic N) is 1. The van der Waals surface area contributed by atoms with Crippen molar-refractivity contribution < 1.29 is 9.82 Å². The Morgan fingerprint density at radius 2 is 1.77 bits per heavy atom. The molecular weight excluding hydrogens is 277 g/mol. The Balaban J connectivity index is 0.000000421. The first kappa shape index (κ1) is 20.6. The van der Waals surface area contributed by atoms with Crippen molar-refractivity contribution in [1.82, 2.24) is 5.23 Å². The Hall–Kier alpha value is -1.37. The molecule has 2 rings (SSSR count). The minimum atomic E-state index is -0.427. The number of carbonyl (C=O) groups excluding carboxylic acids is 1. The lowest BCUT2D eigenvalue weighted by Crippen LogP contribution is -2.34. The van der Waals surface area contributed by atoms with E-state index in [1.807, 2.05) is 32.0 Å². The van der Waals surface area contributed by atoms with Crippen LogP contribution in [-0.4, -0.2) is 44.0 Å². The van der Waals surface area contributed by atoms with Crippen LogP contribution < -0.4 is 15.9 Å². The number of hydrogen-bond acceptors (Lipinski definition) is 5. The van der Waals surface area contributed by atoms with Crippen molar-refractivity contribution in [1.29, 1.82) is 0 Å². The number of Topliss-reactive ketones (excluding diaryl/α,β-unsaturated/α-hetero) is 1. The molecule has 0 spiro atoms. The van der Waals surface area contributed by atoms with E-state index >= 15 is 0 Å². The molecule has 1 saturated heterocycles. The van der Waals surface area contributed by atoms with Gasteiger partial charge in [-0.3, -0.25) is 4.79 Å². The van der Waals surface area contributed by atoms with Gasteiger partial charge in [-0.1, -0.05) is 32.0 Å². The third-order valence-corrected chi connectivity index (χ3v) is 3.03. The van der Waals surface area contributed by atoms with Crippen molar-refractivity contribution >= 4 is 18.5 Å². The zero-order valence-electron chi connectivity index (χ0n) is 14.1. The van der Waals surface area contributed by atoms with E-state index in [0.717, 1.165) is 13.1 Å². The van der Waals surface area contributed by atoms with Crippen LogP contribution in [0.1, 0.15) is 26.7 Å². The molecule has 1 aromatic carbocycles. The number of hydrogen-bond donors (Lipinski definition) is 3. The molecule has 0 saturated carbocycles. The number of anilines is 1. The van der Waals surface area contributed by atoms with Crippen LogP contribution >= 0.6 is 0 Å². The van der Waals surface area contributed by atoms with Gasteiger partial charge in [0.25, 0.3) is 0 Å². The number of nitrogens with two attached hydrogens (primary N) is 1. The second kappa shape index (κ2) is 13.3. The molecule has 6 heteroatoms. The van der Waals surface area contributed by atoms with Gasteiger partial charge in [-0.25, -0.2) is 0 Å². The fourth-order valence-electron chi connectivity index (χ4n) is 1.95. The molecule has 124 valence electrons. The van der Waals surface area contributed by atoms with E-state index in [-0.39, 0.29) is 0 Å². The first-order valence-corrected chi connectivity index (χ1v) is 8.06. The van der Waals surface area contributed by atoms with Crippen LogP contribution in [-0.2, 0) is 4.79 Å². The highest BCUT2D eigenvalue weighted by molar-refractivity contribution is 6.45. The topological polar surface area (TPSA) is 78.6 Å². The molecule has 1 aromatic rings. The lowest BCUT2D eigenvalue weighted by molar-refractivity contribution is -0.119. The smallest absolute Gasteiger partial charge is 0.373 e. The van der Waals surface area contributed by atoms with Gasteiger partial charge in [0.2, 0.25) is 0 Å². The fraction of sp³-hybridized carbons (Fsp3) is 0.562. The van der Waals surface area contributed by atoms with E-state index in [9.17, 15) is 4.79 Å². The van der Waals surface area contributed by atoms with Gasteiger partial charge in [-0.2, -0.15) is 0 Å². The van der Waals surface area contributed by atoms with Crippen LogP contribution in [0.5, 0.6) is 0 Å². The molecule has 0 aromatic heterocycles. The number of piperidine rings is 1. The third kappa shape index (κ3) is 9.55. The maximum Gasteiger partial charge on any atom is 0.373 e. The van der Waals surface area contributed by atoms with E-state index in [4.69, 9.17) is 10.8 Å². The average molecular weight is 307 g/mol. The standard InChI is InChI=1S/C11H13NO.C3H11BN2O.C2H6/c13-11-6-8-12(9-7-11)10-4-2-1-3-5-10;1-4(7)6-3-2-5;1-2/h1-5H,6-9H2;6-7H,2-3,5H2,1H3;1-2H3. The number of ketones is 1. The summed E-state index contributed by atoms with van der Waals surface area (Å²) in [5.41, 5.74) is 6.33. The summed E-state index contributed by atoms with van der Waals surface area (Å²) in [6.45, 7) is 8.67. The molecule has 1 aliphatic rings. The fourth-order valence-corrected chi connectivity index (χ4v) is 1.95. The highest BCUT2D eigenvalue weighted by atomic mass is 16.2. The number of nitrogens with one attached hydrogen (secondary N) is 1. The zero-order chi connectivity index (χ0) is 16.8. The molecule has 0 aliphatic carbocycles. The normalized spacial score (nSPS) is 13.5. The number of rotatable bonds is 4. The molecule has 5 nitrogen and oxygen atoms in total. The summed E-state index contributed by atoms with van der Waals surface area (Å²) in [6.07, 6.45) is 1.41. The lowest BCUT2D eigenvalue weighted by atomic mass is 9.89. The Bertz CT molecular complexity index is 378. The van der Waals surface area contributed by atoms with Gasteiger partial charge in [-0.15, -0.1) is 0 Å². The van der Waals surface area contributed by atoms with Crippen LogP contribution in [0.3, 0.4) is 0 Å². The largest absolute Gasteiger partial charge is 0.437 e. The van der Waals surface area contributed by atoms with Crippen LogP contribution in [0.15, 0.2) is 30.3 Å². The molecule has 0 atom stereocenters. The van der Waals surface area contributed by atoms with Crippen LogP contribution in [0.25, 0.3) is 0 Å². The third-order valence-electron chi connectivity index (χ3n) is 3.03. The molecule has 22 heavy (non-hydrogen) atoms. The highest BCUT2D eigenvalue weighted by Crippen LogP contribution is 2.17. The maximum atomic E-state index is 11.0. The predicted molar refractivity (Wildman–Crippen MR) is 95.1 cm³/mol. The summed E-state index contributed by atoms with van der Waals surface area (Å²) in [4.78, 5) is 13.3. The maximum absolute atomic E-state index is 11.0. The number of carbonyl (C=O) groups is 1. The molecule has 1 fully saturated rings. The molecule has 4 N–H and O–H groups in total. The van der Waals surface area contributed by atoms with Crippen molar-refractivity contribution in [3.8, 4) is 0 Å². The van der Waals surface area contributed by atoms with E-state index in [1.54, 1.807) is 6.82 Å². The van der Waals surface area contributed by atoms with Crippen molar-refractivity contribution in [2.45, 2.75) is 33.5 Å². The first-order chi connectivity index (χ1) is 10.6. The van der Waals surface area contributed by atoms with Crippen molar-refractivity contribution in [2.75, 3.05) is 31.1 Å². The minimum absolute atomic E-state index is 0.396. The molecule has 0 unspecified atom stereocenters. The minimum Gasteiger partial charge on any atom is -0.437 e. The summed E-state index contributed by atoms with van der Waals surface area (Å²) in [6, 6.07) is 10.3. The number of para-hydroxylation sites is 1. The SMILES string of the molecule is CB(O)NCCN.CC.O=C1CCN(c2ccccc2)CC1. The van der Waals surface area contributed by atoms with E-state index in [1.165, 1.54) is 5.69 Å². The van der Waals surface area contributed by atoms with E-state index in [2.05, 4.69) is 22.3 Å². The van der Waals surface area contributed by atoms with Crippen molar-refractivity contribution in [2.24, 2.45) is 5.73 Å². The monoisotopic (exact) mass is 307 g/mol. The Morgan fingerprint density at radius 3 is 2.18 bits per heavy atom. The molecule has 0 bridgehead atoms. The molecule has 0 radical (unpaired) electrons. The zero-order valence-corrected chi connectivity index (χ0v) is 14.1. The van der Waals surface area contributed by atoms with Gasteiger partial charge in [0, 0.05) is 38.2 Å². The molecule has 0 amide bonds. The quantitative estimate of drug-likeness (QED) is 0.735. The van der Waals surface area contributed by atoms with Crippen LogP contribution in [0.4, 0.5) is 5.69 Å². The van der Waals surface area contributed by atoms with Gasteiger partial charge in [0.05, 0.1) is 0 Å². The summed E-state index contributed by atoms with van der Waals surface area (Å²) in [5, 5.41) is 11.2. The Morgan fingerprint density at radius 1 is 1.23 bits per heavy atom. The summed E-state index contributed by atoms with van der Waals surface area (Å²) < 4.78 is 0. The summed E-state index contributed by atoms with van der Waals surface area (Å²) in [7, 11) is -0.427. The Kier molecular flexibility index (Phi) is 12.5. The van der Waals surface area contributed by atoms with Gasteiger partial charge in [0.1, 0.15) is 5.78 Å². The number of benzene rings is 1. The van der Waals surface area contributed by atoms with Crippen LogP contribution in [0.2, 0.25) is 6.82 Å². The van der Waals surface area contributed by atoms with Crippen molar-refractivity contribution in [3.05, 3.63) is 30.3 Å². The first-order valence-electron chi connectivity index (χ1n) is 8.06. The molecular formula is C16H30BN3O2.